The van der Waals surface area contributed by atoms with Crippen molar-refractivity contribution in [2.75, 3.05) is 26.3 Å². The molecule has 1 aromatic carbocycles. The summed E-state index contributed by atoms with van der Waals surface area (Å²) in [7, 11) is 0. The second kappa shape index (κ2) is 6.80. The summed E-state index contributed by atoms with van der Waals surface area (Å²) in [5.41, 5.74) is 1.02. The third-order valence-corrected chi connectivity index (χ3v) is 3.30. The van der Waals surface area contributed by atoms with Gasteiger partial charge in [0.1, 0.15) is 5.84 Å². The first-order valence-electron chi connectivity index (χ1n) is 6.64. The maximum absolute atomic E-state index is 5.76. The van der Waals surface area contributed by atoms with Gasteiger partial charge in [0.05, 0.1) is 24.2 Å². The number of aliphatic imine (C=N–C) groups is 1. The predicted molar refractivity (Wildman–Crippen MR) is 80.5 cm³/mol. The third kappa shape index (κ3) is 3.41. The number of halogens is 1. The Labute approximate surface area is 122 Å². The van der Waals surface area contributed by atoms with Crippen LogP contribution in [0.5, 0.6) is 11.5 Å². The molecule has 104 valence electrons. The lowest BCUT2D eigenvalue weighted by Gasteiger charge is -2.15. The molecule has 1 heterocycles. The molecule has 0 amide bonds. The fourth-order valence-corrected chi connectivity index (χ4v) is 2.46. The number of ether oxygens (including phenoxy) is 2. The molecule has 1 N–H and O–H groups in total. The Morgan fingerprint density at radius 3 is 2.79 bits per heavy atom. The molecule has 0 saturated heterocycles. The van der Waals surface area contributed by atoms with Gasteiger partial charge in [-0.05, 0) is 41.4 Å². The topological polar surface area (TPSA) is 42.8 Å². The molecule has 0 atom stereocenters. The minimum absolute atomic E-state index is 0.609. The summed E-state index contributed by atoms with van der Waals surface area (Å²) >= 11 is 3.56. The summed E-state index contributed by atoms with van der Waals surface area (Å²) in [6, 6.07) is 4.00. The van der Waals surface area contributed by atoms with Gasteiger partial charge in [-0.3, -0.25) is 4.99 Å². The van der Waals surface area contributed by atoms with Crippen molar-refractivity contribution in [1.82, 2.24) is 5.32 Å². The second-order valence-corrected chi connectivity index (χ2v) is 5.08. The van der Waals surface area contributed by atoms with Gasteiger partial charge < -0.3 is 14.8 Å². The van der Waals surface area contributed by atoms with Gasteiger partial charge in [0.2, 0.25) is 0 Å². The van der Waals surface area contributed by atoms with Gasteiger partial charge in [-0.25, -0.2) is 0 Å². The first-order chi connectivity index (χ1) is 9.26. The lowest BCUT2D eigenvalue weighted by Crippen LogP contribution is -2.19. The van der Waals surface area contributed by atoms with Crippen LogP contribution in [0.4, 0.5) is 0 Å². The van der Waals surface area contributed by atoms with Crippen LogP contribution >= 0.6 is 15.9 Å². The number of nitrogens with one attached hydrogen (secondary N) is 1. The zero-order chi connectivity index (χ0) is 13.7. The highest BCUT2D eigenvalue weighted by Crippen LogP contribution is 2.37. The van der Waals surface area contributed by atoms with E-state index in [1.54, 1.807) is 0 Å². The molecule has 1 aliphatic heterocycles. The Kier molecular flexibility index (Phi) is 5.07. The molecule has 2 rings (SSSR count). The van der Waals surface area contributed by atoms with Crippen LogP contribution in [0.25, 0.3) is 0 Å². The molecule has 0 aliphatic carbocycles. The van der Waals surface area contributed by atoms with Crippen molar-refractivity contribution in [3.8, 4) is 11.5 Å². The predicted octanol–water partition coefficient (Wildman–Crippen LogP) is 2.99. The minimum atomic E-state index is 0.609. The highest BCUT2D eigenvalue weighted by atomic mass is 79.9. The highest BCUT2D eigenvalue weighted by molar-refractivity contribution is 9.10. The van der Waals surface area contributed by atoms with Gasteiger partial charge in [0.15, 0.2) is 11.5 Å². The van der Waals surface area contributed by atoms with Gasteiger partial charge in [-0.15, -0.1) is 0 Å². The fourth-order valence-electron chi connectivity index (χ4n) is 1.90. The van der Waals surface area contributed by atoms with Crippen molar-refractivity contribution in [2.45, 2.75) is 20.3 Å². The summed E-state index contributed by atoms with van der Waals surface area (Å²) in [6.45, 7) is 7.06. The lowest BCUT2D eigenvalue weighted by molar-refractivity contribution is 0.275. The van der Waals surface area contributed by atoms with Crippen molar-refractivity contribution in [3.05, 3.63) is 22.2 Å². The molecule has 0 fully saturated rings. The summed E-state index contributed by atoms with van der Waals surface area (Å²) in [5, 5.41) is 3.26. The van der Waals surface area contributed by atoms with Gasteiger partial charge in [0, 0.05) is 12.1 Å². The van der Waals surface area contributed by atoms with Gasteiger partial charge in [-0.1, -0.05) is 6.92 Å². The van der Waals surface area contributed by atoms with E-state index >= 15 is 0 Å². The SMILES string of the molecule is CCCOc1c(Br)cc(C2=NCCN2)cc1OCC. The summed E-state index contributed by atoms with van der Waals surface area (Å²) in [4.78, 5) is 4.43. The Bertz CT molecular complexity index is 475. The Morgan fingerprint density at radius 2 is 2.16 bits per heavy atom. The molecule has 0 unspecified atom stereocenters. The van der Waals surface area contributed by atoms with Crippen LogP contribution in [-0.2, 0) is 0 Å². The first-order valence-corrected chi connectivity index (χ1v) is 7.43. The van der Waals surface area contributed by atoms with E-state index in [9.17, 15) is 0 Å². The maximum atomic E-state index is 5.76. The second-order valence-electron chi connectivity index (χ2n) is 4.22. The van der Waals surface area contributed by atoms with Crippen LogP contribution in [0.1, 0.15) is 25.8 Å². The van der Waals surface area contributed by atoms with E-state index in [0.29, 0.717) is 13.2 Å². The van der Waals surface area contributed by atoms with Gasteiger partial charge in [0.25, 0.3) is 0 Å². The smallest absolute Gasteiger partial charge is 0.175 e. The number of amidine groups is 1. The lowest BCUT2D eigenvalue weighted by atomic mass is 10.2. The Balaban J connectivity index is 2.33. The van der Waals surface area contributed by atoms with Crippen LogP contribution in [0.15, 0.2) is 21.6 Å². The highest BCUT2D eigenvalue weighted by Gasteiger charge is 2.16. The standard InChI is InChI=1S/C14H19BrN2O2/c1-3-7-19-13-11(15)8-10(9-12(13)18-4-2)14-16-5-6-17-14/h8-9H,3-7H2,1-2H3,(H,16,17). The number of hydrogen-bond acceptors (Lipinski definition) is 4. The van der Waals surface area contributed by atoms with E-state index < -0.39 is 0 Å². The number of benzene rings is 1. The van der Waals surface area contributed by atoms with E-state index in [2.05, 4.69) is 33.2 Å². The fraction of sp³-hybridized carbons (Fsp3) is 0.500. The normalized spacial score (nSPS) is 13.9. The quantitative estimate of drug-likeness (QED) is 0.873. The van der Waals surface area contributed by atoms with Gasteiger partial charge >= 0.3 is 0 Å². The average molecular weight is 327 g/mol. The number of hydrogen-bond donors (Lipinski definition) is 1. The Morgan fingerprint density at radius 1 is 1.32 bits per heavy atom. The van der Waals surface area contributed by atoms with Gasteiger partial charge in [-0.2, -0.15) is 0 Å². The largest absolute Gasteiger partial charge is 0.490 e. The molecule has 5 heteroatoms. The Hall–Kier alpha value is -1.23. The minimum Gasteiger partial charge on any atom is -0.490 e. The molecule has 0 radical (unpaired) electrons. The van der Waals surface area contributed by atoms with E-state index in [1.165, 1.54) is 0 Å². The van der Waals surface area contributed by atoms with Crippen LogP contribution in [0, 0.1) is 0 Å². The van der Waals surface area contributed by atoms with E-state index in [4.69, 9.17) is 9.47 Å². The molecular weight excluding hydrogens is 308 g/mol. The molecular formula is C14H19BrN2O2. The van der Waals surface area contributed by atoms with Crippen molar-refractivity contribution in [2.24, 2.45) is 4.99 Å². The summed E-state index contributed by atoms with van der Waals surface area (Å²) in [5.74, 6) is 2.45. The zero-order valence-electron chi connectivity index (χ0n) is 11.3. The molecule has 19 heavy (non-hydrogen) atoms. The molecule has 0 spiro atoms. The van der Waals surface area contributed by atoms with Crippen LogP contribution < -0.4 is 14.8 Å². The molecule has 1 aromatic rings. The van der Waals surface area contributed by atoms with Crippen LogP contribution in [0.3, 0.4) is 0 Å². The summed E-state index contributed by atoms with van der Waals surface area (Å²) in [6.07, 6.45) is 0.966. The third-order valence-electron chi connectivity index (χ3n) is 2.71. The number of nitrogens with zero attached hydrogens (tertiary/aromatic N) is 1. The molecule has 0 bridgehead atoms. The molecule has 0 saturated carbocycles. The van der Waals surface area contributed by atoms with Crippen molar-refractivity contribution in [1.29, 1.82) is 0 Å². The van der Waals surface area contributed by atoms with E-state index in [1.807, 2.05) is 19.1 Å². The van der Waals surface area contributed by atoms with Crippen LogP contribution in [-0.4, -0.2) is 32.1 Å². The van der Waals surface area contributed by atoms with Crippen molar-refractivity contribution in [3.63, 3.8) is 0 Å². The molecule has 0 aromatic heterocycles. The maximum Gasteiger partial charge on any atom is 0.175 e. The van der Waals surface area contributed by atoms with E-state index in [0.717, 1.165) is 46.9 Å². The van der Waals surface area contributed by atoms with Crippen molar-refractivity contribution >= 4 is 21.8 Å². The van der Waals surface area contributed by atoms with Crippen LogP contribution in [0.2, 0.25) is 0 Å². The zero-order valence-corrected chi connectivity index (χ0v) is 12.9. The number of rotatable bonds is 6. The average Bonchev–Trinajstić information content (AvgIpc) is 2.92. The van der Waals surface area contributed by atoms with Crippen molar-refractivity contribution < 1.29 is 9.47 Å². The molecule has 4 nitrogen and oxygen atoms in total. The monoisotopic (exact) mass is 326 g/mol. The summed E-state index contributed by atoms with van der Waals surface area (Å²) < 4.78 is 12.3. The van der Waals surface area contributed by atoms with E-state index in [-0.39, 0.29) is 0 Å². The first kappa shape index (κ1) is 14.2. The molecule has 1 aliphatic rings.